The normalized spacial score (nSPS) is 14.5. The number of carbonyl (C=O) groups excluding carboxylic acids is 2. The highest BCUT2D eigenvalue weighted by atomic mass is 32.2. The zero-order valence-corrected chi connectivity index (χ0v) is 16.8. The Kier molecular flexibility index (Phi) is 6.96. The molecule has 1 saturated carbocycles. The molecule has 1 atom stereocenters. The Morgan fingerprint density at radius 3 is 2.93 bits per heavy atom. The summed E-state index contributed by atoms with van der Waals surface area (Å²) in [6, 6.07) is 4.07. The predicted molar refractivity (Wildman–Crippen MR) is 102 cm³/mol. The van der Waals surface area contributed by atoms with Crippen molar-refractivity contribution in [2.45, 2.75) is 56.1 Å². The molecule has 0 radical (unpaired) electrons. The molecule has 150 valence electrons. The summed E-state index contributed by atoms with van der Waals surface area (Å²) < 4.78 is 6.78. The van der Waals surface area contributed by atoms with Crippen LogP contribution in [0.15, 0.2) is 29.7 Å². The molecule has 1 aliphatic carbocycles. The molecule has 2 aromatic heterocycles. The van der Waals surface area contributed by atoms with Crippen LogP contribution in [-0.4, -0.2) is 60.4 Å². The van der Waals surface area contributed by atoms with Crippen molar-refractivity contribution in [1.29, 1.82) is 0 Å². The van der Waals surface area contributed by atoms with E-state index in [1.807, 2.05) is 19.1 Å². The maximum absolute atomic E-state index is 13.1. The highest BCUT2D eigenvalue weighted by Crippen LogP contribution is 2.37. The molecular weight excluding hydrogens is 380 g/mol. The summed E-state index contributed by atoms with van der Waals surface area (Å²) in [5.74, 6) is -0.395. The monoisotopic (exact) mass is 404 g/mol. The summed E-state index contributed by atoms with van der Waals surface area (Å²) in [6.07, 6.45) is 5.68. The van der Waals surface area contributed by atoms with Crippen molar-refractivity contribution in [3.05, 3.63) is 30.1 Å². The zero-order valence-electron chi connectivity index (χ0n) is 16.0. The molecule has 1 unspecified atom stereocenters. The van der Waals surface area contributed by atoms with Crippen LogP contribution in [0.1, 0.15) is 44.7 Å². The third-order valence-corrected chi connectivity index (χ3v) is 5.32. The molecule has 2 aromatic rings. The molecule has 10 heteroatoms. The number of carbonyl (C=O) groups is 2. The number of aromatic nitrogens is 5. The first-order valence-corrected chi connectivity index (χ1v) is 10.2. The van der Waals surface area contributed by atoms with E-state index in [-0.39, 0.29) is 30.1 Å². The molecule has 28 heavy (non-hydrogen) atoms. The van der Waals surface area contributed by atoms with Gasteiger partial charge in [-0.15, -0.1) is 5.10 Å². The number of amides is 1. The summed E-state index contributed by atoms with van der Waals surface area (Å²) in [5.41, 5.74) is 0.903. The highest BCUT2D eigenvalue weighted by molar-refractivity contribution is 8.00. The lowest BCUT2D eigenvalue weighted by Gasteiger charge is -2.25. The molecule has 0 aliphatic heterocycles. The quantitative estimate of drug-likeness (QED) is 0.437. The molecule has 3 rings (SSSR count). The second-order valence-electron chi connectivity index (χ2n) is 6.57. The molecule has 1 amide bonds. The van der Waals surface area contributed by atoms with Crippen molar-refractivity contribution in [1.82, 2.24) is 30.1 Å². The van der Waals surface area contributed by atoms with Crippen LogP contribution in [0.5, 0.6) is 0 Å². The van der Waals surface area contributed by atoms with E-state index in [4.69, 9.17) is 4.74 Å². The van der Waals surface area contributed by atoms with E-state index in [9.17, 15) is 9.59 Å². The molecule has 2 heterocycles. The topological polar surface area (TPSA) is 103 Å². The Labute approximate surface area is 167 Å². The van der Waals surface area contributed by atoms with Gasteiger partial charge in [-0.25, -0.2) is 4.68 Å². The summed E-state index contributed by atoms with van der Waals surface area (Å²) in [5, 5.41) is 12.1. The van der Waals surface area contributed by atoms with Gasteiger partial charge >= 0.3 is 5.97 Å². The lowest BCUT2D eigenvalue weighted by atomic mass is 10.2. The van der Waals surface area contributed by atoms with E-state index in [0.717, 1.165) is 18.4 Å². The van der Waals surface area contributed by atoms with Crippen LogP contribution in [0, 0.1) is 0 Å². The van der Waals surface area contributed by atoms with Crippen LogP contribution >= 0.6 is 11.8 Å². The van der Waals surface area contributed by atoms with Crippen LogP contribution in [0.2, 0.25) is 0 Å². The van der Waals surface area contributed by atoms with Gasteiger partial charge in [0.25, 0.3) is 0 Å². The highest BCUT2D eigenvalue weighted by Gasteiger charge is 2.30. The number of esters is 1. The van der Waals surface area contributed by atoms with Gasteiger partial charge < -0.3 is 9.64 Å². The van der Waals surface area contributed by atoms with Crippen molar-refractivity contribution >= 4 is 23.6 Å². The van der Waals surface area contributed by atoms with Crippen molar-refractivity contribution in [3.63, 3.8) is 0 Å². The van der Waals surface area contributed by atoms with Crippen LogP contribution in [-0.2, 0) is 20.9 Å². The number of nitrogens with zero attached hydrogens (tertiary/aromatic N) is 6. The third-order valence-electron chi connectivity index (χ3n) is 4.28. The predicted octanol–water partition coefficient (Wildman–Crippen LogP) is 1.87. The zero-order chi connectivity index (χ0) is 19.9. The summed E-state index contributed by atoms with van der Waals surface area (Å²) in [6.45, 7) is 4.58. The molecule has 1 fully saturated rings. The summed E-state index contributed by atoms with van der Waals surface area (Å²) in [7, 11) is 0. The van der Waals surface area contributed by atoms with Gasteiger partial charge in [0, 0.05) is 25.5 Å². The van der Waals surface area contributed by atoms with Crippen LogP contribution in [0.4, 0.5) is 0 Å². The van der Waals surface area contributed by atoms with Crippen molar-refractivity contribution < 1.29 is 14.3 Å². The van der Waals surface area contributed by atoms with Gasteiger partial charge in [-0.2, -0.15) is 0 Å². The molecule has 9 nitrogen and oxygen atoms in total. The number of rotatable bonds is 10. The Morgan fingerprint density at radius 2 is 2.25 bits per heavy atom. The minimum absolute atomic E-state index is 0.0801. The first kappa shape index (κ1) is 20.2. The number of thioether (sulfide) groups is 1. The minimum Gasteiger partial charge on any atom is -0.466 e. The fourth-order valence-corrected chi connectivity index (χ4v) is 3.66. The third kappa shape index (κ3) is 5.51. The van der Waals surface area contributed by atoms with Gasteiger partial charge in [0.2, 0.25) is 11.1 Å². The minimum atomic E-state index is -0.387. The van der Waals surface area contributed by atoms with Crippen molar-refractivity contribution in [2.75, 3.05) is 13.2 Å². The van der Waals surface area contributed by atoms with Gasteiger partial charge in [-0.3, -0.25) is 14.6 Å². The SMILES string of the molecule is CCOC(=O)CCN(Cc1cccnc1)C(=O)C(C)Sc1nnnn1C1CC1. The summed E-state index contributed by atoms with van der Waals surface area (Å²) in [4.78, 5) is 30.6. The first-order valence-electron chi connectivity index (χ1n) is 9.36. The van der Waals surface area contributed by atoms with E-state index in [1.54, 1.807) is 28.9 Å². The van der Waals surface area contributed by atoms with E-state index in [2.05, 4.69) is 20.5 Å². The molecule has 0 spiro atoms. The smallest absolute Gasteiger partial charge is 0.307 e. The average molecular weight is 404 g/mol. The number of hydrogen-bond donors (Lipinski definition) is 0. The maximum atomic E-state index is 13.1. The number of hydrogen-bond acceptors (Lipinski definition) is 8. The molecule has 0 aromatic carbocycles. The van der Waals surface area contributed by atoms with Gasteiger partial charge in [0.05, 0.1) is 24.3 Å². The second-order valence-corrected chi connectivity index (χ2v) is 7.88. The van der Waals surface area contributed by atoms with Gasteiger partial charge in [-0.1, -0.05) is 17.8 Å². The van der Waals surface area contributed by atoms with E-state index in [1.165, 1.54) is 11.8 Å². The Hall–Kier alpha value is -2.49. The van der Waals surface area contributed by atoms with E-state index < -0.39 is 0 Å². The lowest BCUT2D eigenvalue weighted by molar-refractivity contribution is -0.144. The van der Waals surface area contributed by atoms with Crippen molar-refractivity contribution in [3.8, 4) is 0 Å². The number of pyridine rings is 1. The second kappa shape index (κ2) is 9.63. The van der Waals surface area contributed by atoms with E-state index >= 15 is 0 Å². The maximum Gasteiger partial charge on any atom is 0.307 e. The number of ether oxygens (including phenoxy) is 1. The Morgan fingerprint density at radius 1 is 1.43 bits per heavy atom. The largest absolute Gasteiger partial charge is 0.466 e. The molecule has 0 saturated heterocycles. The molecular formula is C18H24N6O3S. The van der Waals surface area contributed by atoms with Crippen molar-refractivity contribution in [2.24, 2.45) is 0 Å². The van der Waals surface area contributed by atoms with Crippen LogP contribution < -0.4 is 0 Å². The van der Waals surface area contributed by atoms with Gasteiger partial charge in [-0.05, 0) is 48.7 Å². The first-order chi connectivity index (χ1) is 13.6. The fourth-order valence-electron chi connectivity index (χ4n) is 2.72. The Bertz CT molecular complexity index is 796. The van der Waals surface area contributed by atoms with E-state index in [0.29, 0.717) is 24.3 Å². The van der Waals surface area contributed by atoms with Gasteiger partial charge in [0.1, 0.15) is 0 Å². The molecule has 0 bridgehead atoms. The molecule has 0 N–H and O–H groups in total. The Balaban J connectivity index is 1.66. The summed E-state index contributed by atoms with van der Waals surface area (Å²) >= 11 is 1.34. The standard InChI is InChI=1S/C18H24N6O3S/c1-3-27-16(25)8-10-23(12-14-5-4-9-19-11-14)17(26)13(2)28-18-20-21-22-24(18)15-6-7-15/h4-5,9,11,13,15H,3,6-8,10,12H2,1-2H3. The van der Waals surface area contributed by atoms with Crippen LogP contribution in [0.25, 0.3) is 0 Å². The molecule has 1 aliphatic rings. The number of tetrazole rings is 1. The van der Waals surface area contributed by atoms with Crippen LogP contribution in [0.3, 0.4) is 0 Å². The lowest BCUT2D eigenvalue weighted by Crippen LogP contribution is -2.38. The average Bonchev–Trinajstić information content (AvgIpc) is 3.44. The van der Waals surface area contributed by atoms with Gasteiger partial charge in [0.15, 0.2) is 0 Å². The fraction of sp³-hybridized carbons (Fsp3) is 0.556.